The molecule has 24 heavy (non-hydrogen) atoms. The van der Waals surface area contributed by atoms with Crippen LogP contribution in [0.5, 0.6) is 0 Å². The number of rotatable bonds is 3. The van der Waals surface area contributed by atoms with Gasteiger partial charge in [0.2, 0.25) is 0 Å². The first-order valence-corrected chi connectivity index (χ1v) is 9.32. The number of carbonyl (C=O) groups excluding carboxylic acids is 1. The van der Waals surface area contributed by atoms with Gasteiger partial charge in [0.25, 0.3) is 0 Å². The molecule has 2 aliphatic carbocycles. The summed E-state index contributed by atoms with van der Waals surface area (Å²) in [6.45, 7) is 9.66. The van der Waals surface area contributed by atoms with Gasteiger partial charge in [0, 0.05) is 0 Å². The van der Waals surface area contributed by atoms with Gasteiger partial charge in [-0.15, -0.1) is 0 Å². The summed E-state index contributed by atoms with van der Waals surface area (Å²) in [5.74, 6) is 0.316. The predicted octanol–water partition coefficient (Wildman–Crippen LogP) is 3.44. The Kier molecular flexibility index (Phi) is 4.98. The molecule has 1 saturated heterocycles. The Labute approximate surface area is 145 Å². The lowest BCUT2D eigenvalue weighted by atomic mass is 9.67. The molecule has 0 unspecified atom stereocenters. The van der Waals surface area contributed by atoms with Gasteiger partial charge in [0.15, 0.2) is 5.79 Å². The Morgan fingerprint density at radius 3 is 2.46 bits per heavy atom. The van der Waals surface area contributed by atoms with Crippen molar-refractivity contribution in [2.24, 2.45) is 11.8 Å². The molecule has 3 rings (SSSR count). The van der Waals surface area contributed by atoms with Gasteiger partial charge >= 0.3 is 5.97 Å². The van der Waals surface area contributed by atoms with E-state index in [0.29, 0.717) is 11.8 Å². The maximum Gasteiger partial charge on any atom is 0.332 e. The van der Waals surface area contributed by atoms with Crippen LogP contribution >= 0.6 is 0 Å². The third-order valence-electron chi connectivity index (χ3n) is 5.31. The minimum atomic E-state index is -0.476. The van der Waals surface area contributed by atoms with Crippen molar-refractivity contribution in [2.45, 2.75) is 96.4 Å². The summed E-state index contributed by atoms with van der Waals surface area (Å²) in [6.07, 6.45) is 5.92. The van der Waals surface area contributed by atoms with Crippen LogP contribution in [0.15, 0.2) is 0 Å². The highest BCUT2D eigenvalue weighted by Crippen LogP contribution is 2.47. The van der Waals surface area contributed by atoms with E-state index in [1.54, 1.807) is 0 Å². The Morgan fingerprint density at radius 2 is 1.79 bits per heavy atom. The number of ether oxygens (including phenoxy) is 4. The molecule has 0 amide bonds. The van der Waals surface area contributed by atoms with Crippen LogP contribution in [-0.4, -0.2) is 42.3 Å². The summed E-state index contributed by atoms with van der Waals surface area (Å²) in [5, 5.41) is 0. The highest BCUT2D eigenvalue weighted by atomic mass is 16.8. The standard InChI is InChI=1S/C19H32O5/c1-18(2,3)24-17(20)11-21-14-8-6-7-12-9-15-16(10-13(12)14)23-19(4,5)22-15/h12-16H,6-11H2,1-5H3/t12-,13+,14+,15-,16+/m1/s1. The number of hydrogen-bond acceptors (Lipinski definition) is 5. The molecule has 2 saturated carbocycles. The largest absolute Gasteiger partial charge is 0.458 e. The van der Waals surface area contributed by atoms with Crippen LogP contribution in [0, 0.1) is 11.8 Å². The molecule has 3 aliphatic rings. The van der Waals surface area contributed by atoms with E-state index in [1.165, 1.54) is 6.42 Å². The first kappa shape index (κ1) is 18.2. The number of esters is 1. The fourth-order valence-corrected chi connectivity index (χ4v) is 4.58. The monoisotopic (exact) mass is 340 g/mol. The summed E-state index contributed by atoms with van der Waals surface area (Å²) in [5.41, 5.74) is -0.464. The summed E-state index contributed by atoms with van der Waals surface area (Å²) in [7, 11) is 0. The molecular formula is C19H32O5. The van der Waals surface area contributed by atoms with Crippen LogP contribution in [0.4, 0.5) is 0 Å². The second-order valence-electron chi connectivity index (χ2n) is 8.97. The van der Waals surface area contributed by atoms with E-state index in [9.17, 15) is 4.79 Å². The molecule has 0 aromatic rings. The van der Waals surface area contributed by atoms with Gasteiger partial charge in [-0.2, -0.15) is 0 Å². The van der Waals surface area contributed by atoms with Crippen LogP contribution in [0.2, 0.25) is 0 Å². The molecule has 0 radical (unpaired) electrons. The van der Waals surface area contributed by atoms with E-state index in [1.807, 2.05) is 34.6 Å². The third-order valence-corrected chi connectivity index (χ3v) is 5.31. The van der Waals surface area contributed by atoms with Crippen molar-refractivity contribution in [1.29, 1.82) is 0 Å². The molecule has 0 bridgehead atoms. The van der Waals surface area contributed by atoms with E-state index >= 15 is 0 Å². The third kappa shape index (κ3) is 4.30. The molecule has 0 aromatic carbocycles. The second-order valence-corrected chi connectivity index (χ2v) is 8.97. The normalized spacial score (nSPS) is 38.3. The number of carbonyl (C=O) groups is 1. The van der Waals surface area contributed by atoms with Crippen molar-refractivity contribution >= 4 is 5.97 Å². The summed E-state index contributed by atoms with van der Waals surface area (Å²) in [4.78, 5) is 11.9. The van der Waals surface area contributed by atoms with Gasteiger partial charge in [-0.3, -0.25) is 0 Å². The van der Waals surface area contributed by atoms with Crippen molar-refractivity contribution < 1.29 is 23.7 Å². The minimum Gasteiger partial charge on any atom is -0.458 e. The molecule has 3 fully saturated rings. The lowest BCUT2D eigenvalue weighted by molar-refractivity contribution is -0.166. The van der Waals surface area contributed by atoms with E-state index in [2.05, 4.69) is 0 Å². The van der Waals surface area contributed by atoms with E-state index in [0.717, 1.165) is 25.7 Å². The molecule has 0 N–H and O–H groups in total. The summed E-state index contributed by atoms with van der Waals surface area (Å²) in [6, 6.07) is 0. The second kappa shape index (κ2) is 6.58. The Morgan fingerprint density at radius 1 is 1.12 bits per heavy atom. The SMILES string of the molecule is CC(C)(C)OC(=O)CO[C@H]1CCC[C@@H]2C[C@H]3OC(C)(C)O[C@H]3C[C@@H]21. The van der Waals surface area contributed by atoms with Gasteiger partial charge in [-0.05, 0) is 72.1 Å². The molecule has 138 valence electrons. The Hall–Kier alpha value is -0.650. The van der Waals surface area contributed by atoms with Crippen molar-refractivity contribution in [2.75, 3.05) is 6.61 Å². The van der Waals surface area contributed by atoms with Gasteiger partial charge in [-0.25, -0.2) is 4.79 Å². The van der Waals surface area contributed by atoms with Gasteiger partial charge in [0.05, 0.1) is 18.3 Å². The quantitative estimate of drug-likeness (QED) is 0.737. The smallest absolute Gasteiger partial charge is 0.332 e. The van der Waals surface area contributed by atoms with Gasteiger partial charge < -0.3 is 18.9 Å². The molecule has 0 spiro atoms. The van der Waals surface area contributed by atoms with Crippen LogP contribution < -0.4 is 0 Å². The lowest BCUT2D eigenvalue weighted by Crippen LogP contribution is -2.45. The van der Waals surface area contributed by atoms with Gasteiger partial charge in [-0.1, -0.05) is 6.42 Å². The Bertz CT molecular complexity index is 467. The maximum atomic E-state index is 11.9. The van der Waals surface area contributed by atoms with Crippen LogP contribution in [0.25, 0.3) is 0 Å². The predicted molar refractivity (Wildman–Crippen MR) is 89.5 cm³/mol. The van der Waals surface area contributed by atoms with Crippen LogP contribution in [0.3, 0.4) is 0 Å². The molecule has 5 heteroatoms. The lowest BCUT2D eigenvalue weighted by Gasteiger charge is -2.44. The van der Waals surface area contributed by atoms with Crippen molar-refractivity contribution in [3.63, 3.8) is 0 Å². The highest BCUT2D eigenvalue weighted by Gasteiger charge is 2.50. The van der Waals surface area contributed by atoms with Crippen LogP contribution in [-0.2, 0) is 23.7 Å². The zero-order valence-corrected chi connectivity index (χ0v) is 15.7. The van der Waals surface area contributed by atoms with E-state index < -0.39 is 11.4 Å². The molecule has 1 heterocycles. The molecule has 1 aliphatic heterocycles. The topological polar surface area (TPSA) is 54.0 Å². The summed E-state index contributed by atoms with van der Waals surface area (Å²) < 4.78 is 23.5. The fraction of sp³-hybridized carbons (Fsp3) is 0.947. The molecule has 5 nitrogen and oxygen atoms in total. The number of fused-ring (bicyclic) bond motifs is 2. The zero-order chi connectivity index (χ0) is 17.5. The van der Waals surface area contributed by atoms with Crippen molar-refractivity contribution in [1.82, 2.24) is 0 Å². The average Bonchev–Trinajstić information content (AvgIpc) is 2.73. The van der Waals surface area contributed by atoms with Gasteiger partial charge in [0.1, 0.15) is 12.2 Å². The zero-order valence-electron chi connectivity index (χ0n) is 15.7. The Balaban J connectivity index is 1.57. The molecular weight excluding hydrogens is 308 g/mol. The maximum absolute atomic E-state index is 11.9. The fourth-order valence-electron chi connectivity index (χ4n) is 4.58. The highest BCUT2D eigenvalue weighted by molar-refractivity contribution is 5.71. The summed E-state index contributed by atoms with van der Waals surface area (Å²) >= 11 is 0. The average molecular weight is 340 g/mol. The molecule has 0 aromatic heterocycles. The number of hydrogen-bond donors (Lipinski definition) is 0. The molecule has 5 atom stereocenters. The first-order chi connectivity index (χ1) is 11.1. The van der Waals surface area contributed by atoms with E-state index in [4.69, 9.17) is 18.9 Å². The van der Waals surface area contributed by atoms with Crippen LogP contribution in [0.1, 0.15) is 66.7 Å². The van der Waals surface area contributed by atoms with Crippen molar-refractivity contribution in [3.05, 3.63) is 0 Å². The minimum absolute atomic E-state index is 0.0438. The first-order valence-electron chi connectivity index (χ1n) is 9.32. The van der Waals surface area contributed by atoms with E-state index in [-0.39, 0.29) is 30.9 Å². The van der Waals surface area contributed by atoms with Crippen molar-refractivity contribution in [3.8, 4) is 0 Å².